The van der Waals surface area contributed by atoms with Crippen LogP contribution in [0.2, 0.25) is 0 Å². The van der Waals surface area contributed by atoms with Gasteiger partial charge in [-0.15, -0.1) is 24.9 Å². The highest BCUT2D eigenvalue weighted by Gasteiger charge is 2.76. The Kier molecular flexibility index (Phi) is 11.3. The summed E-state index contributed by atoms with van der Waals surface area (Å²) in [6.07, 6.45) is 9.47. The van der Waals surface area contributed by atoms with E-state index in [-0.39, 0.29) is 35.5 Å². The average Bonchev–Trinajstić information content (AvgIpc) is 3.58. The van der Waals surface area contributed by atoms with Crippen LogP contribution in [0, 0.1) is 17.8 Å². The lowest BCUT2D eigenvalue weighted by atomic mass is 9.65. The molecule has 0 radical (unpaired) electrons. The second kappa shape index (κ2) is 14.7. The number of nitrogens with zero attached hydrogens (tertiary/aromatic N) is 3. The van der Waals surface area contributed by atoms with Crippen molar-refractivity contribution in [3.05, 3.63) is 61.2 Å². The molecule has 1 aromatic carbocycles. The lowest BCUT2D eigenvalue weighted by Gasteiger charge is -2.41. The van der Waals surface area contributed by atoms with Crippen LogP contribution in [-0.2, 0) is 20.9 Å². The number of benzene rings is 1. The molecule has 6 atom stereocenters. The normalized spacial score (nSPS) is 27.6. The van der Waals surface area contributed by atoms with Crippen LogP contribution in [0.1, 0.15) is 64.4 Å². The van der Waals surface area contributed by atoms with Gasteiger partial charge in [0, 0.05) is 44.6 Å². The number of carbonyl (C=O) groups is 3. The van der Waals surface area contributed by atoms with Gasteiger partial charge in [-0.3, -0.25) is 14.4 Å². The minimum absolute atomic E-state index is 0.00473. The molecule has 1 aromatic rings. The van der Waals surface area contributed by atoms with Crippen molar-refractivity contribution in [3.8, 4) is 0 Å². The summed E-state index contributed by atoms with van der Waals surface area (Å²) >= 11 is 1.74. The first-order valence-electron chi connectivity index (χ1n) is 15.8. The fourth-order valence-electron chi connectivity index (χ4n) is 7.44. The number of aliphatic hydroxyl groups is 1. The molecule has 42 heavy (non-hydrogen) atoms. The molecule has 3 amide bonds. The predicted molar refractivity (Wildman–Crippen MR) is 170 cm³/mol. The zero-order chi connectivity index (χ0) is 30.3. The van der Waals surface area contributed by atoms with Gasteiger partial charge in [-0.25, -0.2) is 0 Å². The highest BCUT2D eigenvalue weighted by Crippen LogP contribution is 2.69. The summed E-state index contributed by atoms with van der Waals surface area (Å²) in [4.78, 5) is 48.9. The van der Waals surface area contributed by atoms with Gasteiger partial charge in [0.05, 0.1) is 16.6 Å². The zero-order valence-electron chi connectivity index (χ0n) is 25.5. The van der Waals surface area contributed by atoms with Crippen LogP contribution in [0.4, 0.5) is 0 Å². The van der Waals surface area contributed by atoms with Crippen LogP contribution in [0.3, 0.4) is 0 Å². The number of hydrogen-bond donors (Lipinski definition) is 1. The summed E-state index contributed by atoms with van der Waals surface area (Å²) in [6.45, 7) is 14.7. The molecule has 1 spiro atoms. The van der Waals surface area contributed by atoms with Gasteiger partial charge in [0.2, 0.25) is 17.7 Å². The first kappa shape index (κ1) is 32.3. The van der Waals surface area contributed by atoms with Crippen molar-refractivity contribution in [2.24, 2.45) is 17.8 Å². The topological polar surface area (TPSA) is 81.2 Å². The standard InChI is InChI=1S/C34H49N3O4S/c1-5-8-20-35(18-6-2)33(41)30-34-25(4)23-27(42-34)28(29(34)32(40)37(30)21-14-9-10-15-22-38)31(39)36(19-7-3)24-26-16-12-11-13-17-26/h6-7,11-13,16-17,25,27-30,38H,2-3,5,8-10,14-15,18-24H2,1,4H3/t25?,27-,28+,29-,30?,34?/m0/s1. The second-order valence-corrected chi connectivity index (χ2v) is 13.7. The van der Waals surface area contributed by atoms with Crippen LogP contribution in [-0.4, -0.2) is 86.4 Å². The number of fused-ring (bicyclic) bond motifs is 1. The van der Waals surface area contributed by atoms with E-state index in [4.69, 9.17) is 0 Å². The summed E-state index contributed by atoms with van der Waals surface area (Å²) in [5, 5.41) is 9.22. The van der Waals surface area contributed by atoms with E-state index < -0.39 is 22.6 Å². The Balaban J connectivity index is 1.69. The van der Waals surface area contributed by atoms with Crippen LogP contribution in [0.15, 0.2) is 55.6 Å². The summed E-state index contributed by atoms with van der Waals surface area (Å²) < 4.78 is -0.623. The van der Waals surface area contributed by atoms with Crippen molar-refractivity contribution in [1.82, 2.24) is 14.7 Å². The van der Waals surface area contributed by atoms with Gasteiger partial charge in [0.1, 0.15) is 6.04 Å². The van der Waals surface area contributed by atoms with Gasteiger partial charge in [0.15, 0.2) is 0 Å². The molecule has 3 aliphatic rings. The molecule has 0 aliphatic carbocycles. The molecule has 230 valence electrons. The molecular weight excluding hydrogens is 546 g/mol. The highest BCUT2D eigenvalue weighted by molar-refractivity contribution is 8.02. The van der Waals surface area contributed by atoms with E-state index in [1.165, 1.54) is 0 Å². The number of hydrogen-bond acceptors (Lipinski definition) is 5. The molecule has 0 aromatic heterocycles. The summed E-state index contributed by atoms with van der Waals surface area (Å²) in [5.74, 6) is -0.890. The minimum atomic E-state index is -0.623. The zero-order valence-corrected chi connectivity index (χ0v) is 26.3. The molecule has 3 aliphatic heterocycles. The number of unbranched alkanes of at least 4 members (excludes halogenated alkanes) is 4. The average molecular weight is 596 g/mol. The second-order valence-electron chi connectivity index (χ2n) is 12.1. The number of carbonyl (C=O) groups excluding carboxylic acids is 3. The van der Waals surface area contributed by atoms with E-state index in [1.54, 1.807) is 23.9 Å². The molecule has 0 saturated carbocycles. The van der Waals surface area contributed by atoms with E-state index >= 15 is 0 Å². The maximum Gasteiger partial charge on any atom is 0.247 e. The van der Waals surface area contributed by atoms with Crippen molar-refractivity contribution < 1.29 is 19.5 Å². The van der Waals surface area contributed by atoms with Crippen molar-refractivity contribution in [3.63, 3.8) is 0 Å². The first-order chi connectivity index (χ1) is 20.3. The molecule has 3 saturated heterocycles. The van der Waals surface area contributed by atoms with E-state index in [0.29, 0.717) is 32.7 Å². The fraction of sp³-hybridized carbons (Fsp3) is 0.618. The summed E-state index contributed by atoms with van der Waals surface area (Å²) in [5.41, 5.74) is 1.04. The molecule has 3 heterocycles. The van der Waals surface area contributed by atoms with E-state index in [1.807, 2.05) is 45.0 Å². The maximum atomic E-state index is 14.5. The van der Waals surface area contributed by atoms with Crippen molar-refractivity contribution in [2.45, 2.75) is 81.4 Å². The Bertz CT molecular complexity index is 1110. The van der Waals surface area contributed by atoms with E-state index in [9.17, 15) is 19.5 Å². The number of rotatable bonds is 17. The number of aliphatic hydroxyl groups excluding tert-OH is 1. The number of thioether (sulfide) groups is 1. The third kappa shape index (κ3) is 6.21. The fourth-order valence-corrected chi connectivity index (χ4v) is 9.85. The SMILES string of the molecule is C=CCN(CCCC)C(=O)C1N(CCCCCCO)C(=O)[C@@H]2[C@H](C(=O)N(CC=C)Cc3ccccc3)[C@@H]3CC(C)C12S3. The number of amides is 3. The molecule has 1 N–H and O–H groups in total. The van der Waals surface area contributed by atoms with E-state index in [0.717, 1.165) is 50.5 Å². The Hall–Kier alpha value is -2.58. The molecule has 3 fully saturated rings. The van der Waals surface area contributed by atoms with Crippen LogP contribution in [0.25, 0.3) is 0 Å². The third-order valence-corrected chi connectivity index (χ3v) is 11.5. The van der Waals surface area contributed by atoms with Crippen LogP contribution in [0.5, 0.6) is 0 Å². The van der Waals surface area contributed by atoms with Crippen molar-refractivity contribution >= 4 is 29.5 Å². The van der Waals surface area contributed by atoms with Crippen molar-refractivity contribution in [1.29, 1.82) is 0 Å². The monoisotopic (exact) mass is 595 g/mol. The van der Waals surface area contributed by atoms with E-state index in [2.05, 4.69) is 27.0 Å². The Labute approximate surface area is 256 Å². The molecular formula is C34H49N3O4S. The third-order valence-electron chi connectivity index (χ3n) is 9.39. The Morgan fingerprint density at radius 2 is 1.74 bits per heavy atom. The molecule has 7 nitrogen and oxygen atoms in total. The smallest absolute Gasteiger partial charge is 0.247 e. The van der Waals surface area contributed by atoms with Gasteiger partial charge < -0.3 is 19.8 Å². The van der Waals surface area contributed by atoms with Gasteiger partial charge in [-0.05, 0) is 37.2 Å². The molecule has 4 rings (SSSR count). The minimum Gasteiger partial charge on any atom is -0.396 e. The van der Waals surface area contributed by atoms with Crippen LogP contribution < -0.4 is 0 Å². The lowest BCUT2D eigenvalue weighted by Crippen LogP contribution is -2.57. The predicted octanol–water partition coefficient (Wildman–Crippen LogP) is 4.91. The quantitative estimate of drug-likeness (QED) is 0.205. The Morgan fingerprint density at radius 3 is 2.40 bits per heavy atom. The van der Waals surface area contributed by atoms with Gasteiger partial charge in [-0.2, -0.15) is 0 Å². The summed E-state index contributed by atoms with van der Waals surface area (Å²) in [6, 6.07) is 9.34. The van der Waals surface area contributed by atoms with Crippen LogP contribution >= 0.6 is 11.8 Å². The lowest BCUT2D eigenvalue weighted by molar-refractivity contribution is -0.145. The van der Waals surface area contributed by atoms with Gasteiger partial charge in [-0.1, -0.05) is 75.6 Å². The molecule has 3 unspecified atom stereocenters. The molecule has 8 heteroatoms. The summed E-state index contributed by atoms with van der Waals surface area (Å²) in [7, 11) is 0. The molecule has 2 bridgehead atoms. The van der Waals surface area contributed by atoms with Gasteiger partial charge in [0.25, 0.3) is 0 Å². The van der Waals surface area contributed by atoms with Crippen molar-refractivity contribution in [2.75, 3.05) is 32.8 Å². The number of likely N-dealkylation sites (tertiary alicyclic amines) is 1. The Morgan fingerprint density at radius 1 is 1.05 bits per heavy atom. The highest BCUT2D eigenvalue weighted by atomic mass is 32.2. The largest absolute Gasteiger partial charge is 0.396 e. The van der Waals surface area contributed by atoms with Gasteiger partial charge >= 0.3 is 0 Å². The first-order valence-corrected chi connectivity index (χ1v) is 16.7. The maximum absolute atomic E-state index is 14.5.